The summed E-state index contributed by atoms with van der Waals surface area (Å²) >= 11 is 0. The van der Waals surface area contributed by atoms with Crippen molar-refractivity contribution < 1.29 is 13.2 Å². The maximum Gasteiger partial charge on any atom is 0.166 e. The fourth-order valence-corrected chi connectivity index (χ4v) is 7.87. The van der Waals surface area contributed by atoms with Gasteiger partial charge in [0.1, 0.15) is 5.82 Å². The Kier molecular flexibility index (Phi) is 11.8. The minimum Gasteiger partial charge on any atom is -0.206 e. The average Bonchev–Trinajstić information content (AvgIpc) is 3.06. The molecule has 0 nitrogen and oxygen atoms in total. The van der Waals surface area contributed by atoms with Gasteiger partial charge < -0.3 is 0 Å². The Morgan fingerprint density at radius 3 is 1.91 bits per heavy atom. The Balaban J connectivity index is 1.17. The molecule has 0 atom stereocenters. The third-order valence-corrected chi connectivity index (χ3v) is 10.6. The molecule has 0 saturated heterocycles. The Bertz CT molecular complexity index is 1360. The standard InChI is InChI=1S/C41H51F3/c1-3-5-7-9-11-35-24-27-38(41(44)40(35)43)34-22-20-33(21-23-34)37-26-25-36(28-39(37)42)32-18-16-31(17-19-32)30-14-12-29(13-15-30)10-8-6-4-2/h7,9,20-32H,3-6,8,10-19H2,1-2H3/b9-7-. The van der Waals surface area contributed by atoms with E-state index < -0.39 is 11.6 Å². The Hall–Kier alpha value is -2.81. The lowest BCUT2D eigenvalue weighted by molar-refractivity contribution is 0.155. The second-order valence-corrected chi connectivity index (χ2v) is 13.6. The van der Waals surface area contributed by atoms with E-state index in [1.807, 2.05) is 18.2 Å². The number of hydrogen-bond acceptors (Lipinski definition) is 0. The number of benzene rings is 3. The third kappa shape index (κ3) is 8.06. The van der Waals surface area contributed by atoms with Crippen molar-refractivity contribution in [3.63, 3.8) is 0 Å². The zero-order valence-corrected chi connectivity index (χ0v) is 26.9. The highest BCUT2D eigenvalue weighted by Gasteiger charge is 2.31. The molecule has 236 valence electrons. The average molecular weight is 601 g/mol. The van der Waals surface area contributed by atoms with Gasteiger partial charge in [0, 0.05) is 11.1 Å². The lowest BCUT2D eigenvalue weighted by Crippen LogP contribution is -2.25. The maximum atomic E-state index is 15.4. The van der Waals surface area contributed by atoms with E-state index in [1.165, 1.54) is 64.2 Å². The Morgan fingerprint density at radius 2 is 1.27 bits per heavy atom. The molecule has 0 N–H and O–H groups in total. The highest BCUT2D eigenvalue weighted by atomic mass is 19.2. The molecule has 0 spiro atoms. The largest absolute Gasteiger partial charge is 0.206 e. The quantitative estimate of drug-likeness (QED) is 0.143. The molecule has 0 amide bonds. The van der Waals surface area contributed by atoms with Gasteiger partial charge in [-0.1, -0.05) is 119 Å². The van der Waals surface area contributed by atoms with Crippen LogP contribution in [0.3, 0.4) is 0 Å². The predicted molar refractivity (Wildman–Crippen MR) is 179 cm³/mol. The van der Waals surface area contributed by atoms with Crippen molar-refractivity contribution >= 4 is 0 Å². The first-order chi connectivity index (χ1) is 21.5. The van der Waals surface area contributed by atoms with Gasteiger partial charge in [0.15, 0.2) is 11.6 Å². The van der Waals surface area contributed by atoms with E-state index in [1.54, 1.807) is 42.5 Å². The molecule has 5 rings (SSSR count). The monoisotopic (exact) mass is 600 g/mol. The van der Waals surface area contributed by atoms with Crippen molar-refractivity contribution in [2.75, 3.05) is 0 Å². The normalized spacial score (nSPS) is 22.5. The molecule has 0 unspecified atom stereocenters. The molecule has 3 aromatic rings. The third-order valence-electron chi connectivity index (χ3n) is 10.6. The Labute approximate surface area is 264 Å². The van der Waals surface area contributed by atoms with Gasteiger partial charge in [-0.25, -0.2) is 13.2 Å². The molecule has 0 aliphatic heterocycles. The number of allylic oxidation sites excluding steroid dienone is 2. The van der Waals surface area contributed by atoms with E-state index in [2.05, 4.69) is 19.9 Å². The van der Waals surface area contributed by atoms with Crippen LogP contribution in [0, 0.1) is 35.2 Å². The van der Waals surface area contributed by atoms with Crippen molar-refractivity contribution in [3.05, 3.63) is 95.3 Å². The first-order valence-electron chi connectivity index (χ1n) is 17.5. The van der Waals surface area contributed by atoms with Gasteiger partial charge >= 0.3 is 0 Å². The minimum atomic E-state index is -0.834. The first-order valence-corrected chi connectivity index (χ1v) is 17.5. The maximum absolute atomic E-state index is 15.4. The van der Waals surface area contributed by atoms with Crippen molar-refractivity contribution in [2.24, 2.45) is 17.8 Å². The van der Waals surface area contributed by atoms with E-state index in [-0.39, 0.29) is 11.4 Å². The fourth-order valence-electron chi connectivity index (χ4n) is 7.87. The minimum absolute atomic E-state index is 0.212. The van der Waals surface area contributed by atoms with Gasteiger partial charge in [-0.15, -0.1) is 0 Å². The SMILES string of the molecule is CCC/C=C\Cc1ccc(-c2ccc(-c3ccc(C4CCC(C5CCC(CCCCC)CC5)CC4)cc3F)cc2)c(F)c1F. The van der Waals surface area contributed by atoms with E-state index in [4.69, 9.17) is 0 Å². The molecule has 2 saturated carbocycles. The highest BCUT2D eigenvalue weighted by Crippen LogP contribution is 2.45. The predicted octanol–water partition coefficient (Wildman–Crippen LogP) is 13.0. The summed E-state index contributed by atoms with van der Waals surface area (Å²) in [5.74, 6) is 1.30. The number of unbranched alkanes of at least 4 members (excludes halogenated alkanes) is 3. The number of hydrogen-bond donors (Lipinski definition) is 0. The van der Waals surface area contributed by atoms with Crippen LogP contribution >= 0.6 is 0 Å². The lowest BCUT2D eigenvalue weighted by atomic mass is 9.68. The lowest BCUT2D eigenvalue weighted by Gasteiger charge is -2.38. The summed E-state index contributed by atoms with van der Waals surface area (Å²) in [6.45, 7) is 4.37. The molecule has 2 fully saturated rings. The van der Waals surface area contributed by atoms with Crippen molar-refractivity contribution in [3.8, 4) is 22.3 Å². The van der Waals surface area contributed by atoms with Gasteiger partial charge in [0.2, 0.25) is 0 Å². The van der Waals surface area contributed by atoms with Crippen LogP contribution in [-0.2, 0) is 6.42 Å². The molecular formula is C41H51F3. The summed E-state index contributed by atoms with van der Waals surface area (Å²) in [4.78, 5) is 0. The number of halogens is 3. The Morgan fingerprint density at radius 1 is 0.636 bits per heavy atom. The van der Waals surface area contributed by atoms with Crippen LogP contribution < -0.4 is 0 Å². The van der Waals surface area contributed by atoms with Gasteiger partial charge in [0.05, 0.1) is 0 Å². The highest BCUT2D eigenvalue weighted by molar-refractivity contribution is 5.71. The van der Waals surface area contributed by atoms with E-state index in [0.717, 1.165) is 54.6 Å². The van der Waals surface area contributed by atoms with Crippen LogP contribution in [0.15, 0.2) is 66.7 Å². The van der Waals surface area contributed by atoms with Gasteiger partial charge in [-0.05, 0) is 103 Å². The molecule has 3 aromatic carbocycles. The first kappa shape index (κ1) is 32.6. The molecule has 3 heteroatoms. The zero-order chi connectivity index (χ0) is 30.9. The molecule has 0 aromatic heterocycles. The van der Waals surface area contributed by atoms with Gasteiger partial charge in [-0.3, -0.25) is 0 Å². The zero-order valence-electron chi connectivity index (χ0n) is 26.9. The van der Waals surface area contributed by atoms with E-state index in [9.17, 15) is 8.78 Å². The fraction of sp³-hybridized carbons (Fsp3) is 0.512. The summed E-state index contributed by atoms with van der Waals surface area (Å²) < 4.78 is 45.2. The molecule has 44 heavy (non-hydrogen) atoms. The molecule has 2 aliphatic rings. The second-order valence-electron chi connectivity index (χ2n) is 13.6. The molecular weight excluding hydrogens is 549 g/mol. The second kappa shape index (κ2) is 16.0. The van der Waals surface area contributed by atoms with Crippen molar-refractivity contribution in [1.82, 2.24) is 0 Å². The topological polar surface area (TPSA) is 0 Å². The van der Waals surface area contributed by atoms with Crippen molar-refractivity contribution in [2.45, 2.75) is 116 Å². The van der Waals surface area contributed by atoms with E-state index >= 15 is 4.39 Å². The van der Waals surface area contributed by atoms with Crippen LogP contribution in [-0.4, -0.2) is 0 Å². The van der Waals surface area contributed by atoms with Crippen LogP contribution in [0.4, 0.5) is 13.2 Å². The van der Waals surface area contributed by atoms with Gasteiger partial charge in [-0.2, -0.15) is 0 Å². The molecule has 0 bridgehead atoms. The van der Waals surface area contributed by atoms with Crippen LogP contribution in [0.2, 0.25) is 0 Å². The summed E-state index contributed by atoms with van der Waals surface area (Å²) in [6.07, 6.45) is 22.3. The summed E-state index contributed by atoms with van der Waals surface area (Å²) in [5, 5.41) is 0. The smallest absolute Gasteiger partial charge is 0.166 e. The summed E-state index contributed by atoms with van der Waals surface area (Å²) in [5.41, 5.74) is 3.56. The van der Waals surface area contributed by atoms with Crippen molar-refractivity contribution in [1.29, 1.82) is 0 Å². The van der Waals surface area contributed by atoms with E-state index in [0.29, 0.717) is 29.0 Å². The van der Waals surface area contributed by atoms with Gasteiger partial charge in [0.25, 0.3) is 0 Å². The molecule has 0 radical (unpaired) electrons. The summed E-state index contributed by atoms with van der Waals surface area (Å²) in [7, 11) is 0. The number of rotatable bonds is 12. The molecule has 0 heterocycles. The molecule has 2 aliphatic carbocycles. The van der Waals surface area contributed by atoms with Crippen LogP contribution in [0.1, 0.15) is 121 Å². The summed E-state index contributed by atoms with van der Waals surface area (Å²) in [6, 6.07) is 16.1. The van der Waals surface area contributed by atoms with Crippen LogP contribution in [0.25, 0.3) is 22.3 Å². The van der Waals surface area contributed by atoms with Crippen LogP contribution in [0.5, 0.6) is 0 Å².